The highest BCUT2D eigenvalue weighted by atomic mass is 19.1. The summed E-state index contributed by atoms with van der Waals surface area (Å²) in [7, 11) is 0. The molecule has 4 rings (SSSR count). The van der Waals surface area contributed by atoms with Gasteiger partial charge in [-0.25, -0.2) is 14.4 Å². The van der Waals surface area contributed by atoms with Crippen LogP contribution in [0.3, 0.4) is 0 Å². The van der Waals surface area contributed by atoms with Crippen molar-refractivity contribution in [1.82, 2.24) is 19.8 Å². The second-order valence-electron chi connectivity index (χ2n) is 7.51. The number of halogens is 1. The molecule has 1 saturated heterocycles. The van der Waals surface area contributed by atoms with Crippen LogP contribution in [0.5, 0.6) is 0 Å². The molecule has 5 nitrogen and oxygen atoms in total. The van der Waals surface area contributed by atoms with Gasteiger partial charge >= 0.3 is 0 Å². The molecule has 1 atom stereocenters. The Hall–Kier alpha value is -2.34. The first-order valence-electron chi connectivity index (χ1n) is 9.69. The number of carbonyl (C=O) groups is 1. The van der Waals surface area contributed by atoms with Crippen molar-refractivity contribution in [2.75, 3.05) is 13.1 Å². The Labute approximate surface area is 159 Å². The molecule has 1 amide bonds. The monoisotopic (exact) mass is 368 g/mol. The SMILES string of the molecule is CC(=O)N1CCCC[C@@H]1c1ncc2c(n1)CCN(Cc1ccc(F)cc1)C2. The van der Waals surface area contributed by atoms with E-state index in [2.05, 4.69) is 9.88 Å². The molecular weight excluding hydrogens is 343 g/mol. The number of hydrogen-bond donors (Lipinski definition) is 0. The average molecular weight is 368 g/mol. The number of hydrogen-bond acceptors (Lipinski definition) is 4. The average Bonchev–Trinajstić information content (AvgIpc) is 2.69. The van der Waals surface area contributed by atoms with Crippen LogP contribution < -0.4 is 0 Å². The Morgan fingerprint density at radius 2 is 2.04 bits per heavy atom. The Bertz CT molecular complexity index is 823. The van der Waals surface area contributed by atoms with Crippen LogP contribution in [0.2, 0.25) is 0 Å². The molecule has 0 radical (unpaired) electrons. The van der Waals surface area contributed by atoms with Crippen LogP contribution in [-0.2, 0) is 24.3 Å². The molecule has 1 aromatic heterocycles. The lowest BCUT2D eigenvalue weighted by Gasteiger charge is -2.35. The molecule has 0 N–H and O–H groups in total. The summed E-state index contributed by atoms with van der Waals surface area (Å²) >= 11 is 0. The van der Waals surface area contributed by atoms with Crippen molar-refractivity contribution in [2.45, 2.75) is 51.7 Å². The smallest absolute Gasteiger partial charge is 0.220 e. The molecule has 27 heavy (non-hydrogen) atoms. The highest BCUT2D eigenvalue weighted by Crippen LogP contribution is 2.30. The Morgan fingerprint density at radius 1 is 1.22 bits per heavy atom. The summed E-state index contributed by atoms with van der Waals surface area (Å²) in [6, 6.07) is 6.70. The van der Waals surface area contributed by atoms with Crippen molar-refractivity contribution >= 4 is 5.91 Å². The highest BCUT2D eigenvalue weighted by molar-refractivity contribution is 5.73. The first-order valence-corrected chi connectivity index (χ1v) is 9.69. The van der Waals surface area contributed by atoms with E-state index in [4.69, 9.17) is 4.98 Å². The minimum Gasteiger partial charge on any atom is -0.333 e. The molecular formula is C21H25FN4O. The fraction of sp³-hybridized carbons (Fsp3) is 0.476. The number of amides is 1. The zero-order chi connectivity index (χ0) is 18.8. The maximum Gasteiger partial charge on any atom is 0.220 e. The maximum absolute atomic E-state index is 13.1. The standard InChI is InChI=1S/C21H25FN4O/c1-15(27)26-10-3-2-4-20(26)21-23-12-17-14-25(11-9-19(17)24-21)13-16-5-7-18(22)8-6-16/h5-8,12,20H,2-4,9-11,13-14H2,1H3/t20-/m1/s1. The van der Waals surface area contributed by atoms with Crippen LogP contribution in [0.25, 0.3) is 0 Å². The maximum atomic E-state index is 13.1. The second kappa shape index (κ2) is 7.72. The Morgan fingerprint density at radius 3 is 2.81 bits per heavy atom. The van der Waals surface area contributed by atoms with Crippen LogP contribution in [-0.4, -0.2) is 38.8 Å². The van der Waals surface area contributed by atoms with Gasteiger partial charge in [0.15, 0.2) is 5.82 Å². The van der Waals surface area contributed by atoms with E-state index in [1.807, 2.05) is 23.2 Å². The zero-order valence-corrected chi connectivity index (χ0v) is 15.7. The lowest BCUT2D eigenvalue weighted by molar-refractivity contribution is -0.132. The van der Waals surface area contributed by atoms with Gasteiger partial charge in [-0.05, 0) is 37.0 Å². The molecule has 6 heteroatoms. The van der Waals surface area contributed by atoms with Gasteiger partial charge in [-0.2, -0.15) is 0 Å². The molecule has 2 aromatic rings. The van der Waals surface area contributed by atoms with E-state index in [0.29, 0.717) is 0 Å². The van der Waals surface area contributed by atoms with Crippen LogP contribution in [0.15, 0.2) is 30.5 Å². The molecule has 0 bridgehead atoms. The molecule has 0 unspecified atom stereocenters. The molecule has 0 aliphatic carbocycles. The number of piperidine rings is 1. The lowest BCUT2D eigenvalue weighted by atomic mass is 10.0. The van der Waals surface area contributed by atoms with Gasteiger partial charge in [-0.1, -0.05) is 12.1 Å². The molecule has 2 aliphatic rings. The predicted molar refractivity (Wildman–Crippen MR) is 100 cm³/mol. The van der Waals surface area contributed by atoms with E-state index < -0.39 is 0 Å². The fourth-order valence-corrected chi connectivity index (χ4v) is 4.11. The first-order chi connectivity index (χ1) is 13.1. The number of aromatic nitrogens is 2. The third-order valence-electron chi connectivity index (χ3n) is 5.56. The number of carbonyl (C=O) groups excluding carboxylic acids is 1. The summed E-state index contributed by atoms with van der Waals surface area (Å²) < 4.78 is 13.1. The summed E-state index contributed by atoms with van der Waals surface area (Å²) in [4.78, 5) is 25.7. The number of nitrogens with zero attached hydrogens (tertiary/aromatic N) is 4. The molecule has 2 aliphatic heterocycles. The molecule has 0 saturated carbocycles. The van der Waals surface area contributed by atoms with Gasteiger partial charge in [-0.3, -0.25) is 9.69 Å². The number of likely N-dealkylation sites (tertiary alicyclic amines) is 1. The van der Waals surface area contributed by atoms with E-state index in [0.717, 1.165) is 74.5 Å². The van der Waals surface area contributed by atoms with Crippen molar-refractivity contribution < 1.29 is 9.18 Å². The van der Waals surface area contributed by atoms with Crippen LogP contribution in [0, 0.1) is 5.82 Å². The van der Waals surface area contributed by atoms with E-state index in [-0.39, 0.29) is 17.8 Å². The van der Waals surface area contributed by atoms with Crippen LogP contribution in [0.4, 0.5) is 4.39 Å². The van der Waals surface area contributed by atoms with Crippen molar-refractivity contribution in [1.29, 1.82) is 0 Å². The fourth-order valence-electron chi connectivity index (χ4n) is 4.11. The third kappa shape index (κ3) is 4.00. The van der Waals surface area contributed by atoms with Crippen molar-refractivity contribution in [2.24, 2.45) is 0 Å². The predicted octanol–water partition coefficient (Wildman–Crippen LogP) is 3.25. The minimum atomic E-state index is -0.203. The van der Waals surface area contributed by atoms with Gasteiger partial charge in [0.05, 0.1) is 6.04 Å². The minimum absolute atomic E-state index is 0.0128. The topological polar surface area (TPSA) is 49.3 Å². The van der Waals surface area contributed by atoms with E-state index >= 15 is 0 Å². The van der Waals surface area contributed by atoms with Crippen molar-refractivity contribution in [3.8, 4) is 0 Å². The molecule has 1 aromatic carbocycles. The summed E-state index contributed by atoms with van der Waals surface area (Å²) in [5.41, 5.74) is 3.36. The Kier molecular flexibility index (Phi) is 5.16. The van der Waals surface area contributed by atoms with Gasteiger partial charge in [0.25, 0.3) is 0 Å². The van der Waals surface area contributed by atoms with Gasteiger partial charge in [0, 0.05) is 57.0 Å². The summed E-state index contributed by atoms with van der Waals surface area (Å²) in [6.45, 7) is 4.94. The van der Waals surface area contributed by atoms with E-state index in [1.54, 1.807) is 6.92 Å². The van der Waals surface area contributed by atoms with Crippen LogP contribution in [0.1, 0.15) is 54.9 Å². The lowest BCUT2D eigenvalue weighted by Crippen LogP contribution is -2.38. The second-order valence-corrected chi connectivity index (χ2v) is 7.51. The normalized spacial score (nSPS) is 20.4. The molecule has 3 heterocycles. The molecule has 0 spiro atoms. The largest absolute Gasteiger partial charge is 0.333 e. The highest BCUT2D eigenvalue weighted by Gasteiger charge is 2.29. The van der Waals surface area contributed by atoms with Crippen molar-refractivity contribution in [3.05, 3.63) is 58.9 Å². The number of fused-ring (bicyclic) bond motifs is 1. The summed E-state index contributed by atoms with van der Waals surface area (Å²) in [6.07, 6.45) is 5.91. The van der Waals surface area contributed by atoms with Crippen LogP contribution >= 0.6 is 0 Å². The zero-order valence-electron chi connectivity index (χ0n) is 15.7. The summed E-state index contributed by atoms with van der Waals surface area (Å²) in [5.74, 6) is 0.688. The van der Waals surface area contributed by atoms with E-state index in [1.165, 1.54) is 12.1 Å². The third-order valence-corrected chi connectivity index (χ3v) is 5.56. The van der Waals surface area contributed by atoms with Crippen molar-refractivity contribution in [3.63, 3.8) is 0 Å². The quantitative estimate of drug-likeness (QED) is 0.835. The molecule has 142 valence electrons. The van der Waals surface area contributed by atoms with Gasteiger partial charge in [0.1, 0.15) is 5.82 Å². The van der Waals surface area contributed by atoms with Gasteiger partial charge < -0.3 is 4.90 Å². The molecule has 1 fully saturated rings. The number of rotatable bonds is 3. The van der Waals surface area contributed by atoms with Gasteiger partial charge in [0.2, 0.25) is 5.91 Å². The first kappa shape index (κ1) is 18.0. The Balaban J connectivity index is 1.48. The van der Waals surface area contributed by atoms with Gasteiger partial charge in [-0.15, -0.1) is 0 Å². The van der Waals surface area contributed by atoms with E-state index in [9.17, 15) is 9.18 Å². The number of benzene rings is 1. The summed E-state index contributed by atoms with van der Waals surface area (Å²) in [5, 5.41) is 0.